The van der Waals surface area contributed by atoms with Crippen LogP contribution in [0.1, 0.15) is 41.0 Å². The third-order valence-electron chi connectivity index (χ3n) is 2.14. The van der Waals surface area contributed by atoms with Gasteiger partial charge in [-0.3, -0.25) is 4.99 Å². The Hall–Kier alpha value is -0.590. The minimum atomic E-state index is 0.204. The molecule has 0 aromatic rings. The zero-order valence-corrected chi connectivity index (χ0v) is 8.81. The number of rotatable bonds is 0. The fourth-order valence-corrected chi connectivity index (χ4v) is 1.50. The molecule has 1 aliphatic rings. The maximum Gasteiger partial charge on any atom is 0.0419 e. The maximum absolute atomic E-state index is 4.58. The van der Waals surface area contributed by atoms with Gasteiger partial charge in [0.15, 0.2) is 0 Å². The van der Waals surface area contributed by atoms with Gasteiger partial charge in [-0.2, -0.15) is 0 Å². The molecule has 1 rings (SSSR count). The molecule has 0 aliphatic carbocycles. The van der Waals surface area contributed by atoms with Crippen molar-refractivity contribution in [1.82, 2.24) is 0 Å². The van der Waals surface area contributed by atoms with E-state index in [1.54, 1.807) is 0 Å². The summed E-state index contributed by atoms with van der Waals surface area (Å²) in [5.41, 5.74) is 2.73. The summed E-state index contributed by atoms with van der Waals surface area (Å²) in [5, 5.41) is 0. The summed E-state index contributed by atoms with van der Waals surface area (Å²) < 4.78 is 0. The van der Waals surface area contributed by atoms with Crippen LogP contribution in [0.5, 0.6) is 0 Å². The number of aliphatic imine (C=N–C) groups is 1. The van der Waals surface area contributed by atoms with E-state index in [1.165, 1.54) is 11.4 Å². The van der Waals surface area contributed by atoms with Crippen molar-refractivity contribution >= 4 is 5.71 Å². The number of nitrogens with zero attached hydrogens (tertiary/aromatic N) is 1. The molecule has 0 N–H and O–H groups in total. The summed E-state index contributed by atoms with van der Waals surface area (Å²) in [7, 11) is 0. The summed E-state index contributed by atoms with van der Waals surface area (Å²) >= 11 is 0. The molecule has 0 aromatic carbocycles. The Morgan fingerprint density at radius 3 is 2.42 bits per heavy atom. The van der Waals surface area contributed by atoms with E-state index in [1.807, 2.05) is 0 Å². The van der Waals surface area contributed by atoms with Crippen molar-refractivity contribution in [3.8, 4) is 0 Å². The second-order valence-electron chi connectivity index (χ2n) is 4.83. The van der Waals surface area contributed by atoms with Crippen molar-refractivity contribution in [2.45, 2.75) is 41.0 Å². The molecule has 1 heterocycles. The fourth-order valence-electron chi connectivity index (χ4n) is 1.50. The smallest absolute Gasteiger partial charge is 0.0419 e. The van der Waals surface area contributed by atoms with Crippen LogP contribution in [0.2, 0.25) is 0 Å². The molecular formula is C11H19N. The van der Waals surface area contributed by atoms with Gasteiger partial charge in [-0.15, -0.1) is 0 Å². The van der Waals surface area contributed by atoms with Crippen LogP contribution in [0, 0.1) is 11.3 Å². The molecule has 68 valence electrons. The van der Waals surface area contributed by atoms with Gasteiger partial charge in [0.1, 0.15) is 0 Å². The molecule has 0 spiro atoms. The summed E-state index contributed by atoms with van der Waals surface area (Å²) in [4.78, 5) is 4.58. The molecule has 1 aliphatic heterocycles. The Labute approximate surface area is 75.6 Å². The molecule has 1 atom stereocenters. The Kier molecular flexibility index (Phi) is 2.41. The number of hydrogen-bond donors (Lipinski definition) is 0. The van der Waals surface area contributed by atoms with Crippen LogP contribution < -0.4 is 0 Å². The average molecular weight is 165 g/mol. The van der Waals surface area contributed by atoms with Gasteiger partial charge in [0.05, 0.1) is 0 Å². The lowest BCUT2D eigenvalue weighted by molar-refractivity contribution is 0.485. The molecule has 0 fully saturated rings. The lowest BCUT2D eigenvalue weighted by Crippen LogP contribution is -2.15. The third-order valence-corrected chi connectivity index (χ3v) is 2.14. The Morgan fingerprint density at radius 2 is 2.00 bits per heavy atom. The van der Waals surface area contributed by atoms with E-state index in [2.05, 4.69) is 45.7 Å². The van der Waals surface area contributed by atoms with Crippen molar-refractivity contribution in [3.63, 3.8) is 0 Å². The van der Waals surface area contributed by atoms with E-state index in [-0.39, 0.29) is 5.41 Å². The van der Waals surface area contributed by atoms with E-state index in [0.717, 1.165) is 6.42 Å². The zero-order chi connectivity index (χ0) is 9.35. The first-order chi connectivity index (χ1) is 5.39. The topological polar surface area (TPSA) is 12.4 Å². The Morgan fingerprint density at radius 1 is 1.42 bits per heavy atom. The van der Waals surface area contributed by atoms with Gasteiger partial charge in [0.2, 0.25) is 0 Å². The molecule has 0 bridgehead atoms. The van der Waals surface area contributed by atoms with E-state index in [0.29, 0.717) is 5.92 Å². The number of hydrogen-bond acceptors (Lipinski definition) is 1. The SMILES string of the molecule is CC1=NC(C(C)(C)C)=CC(C)C1. The van der Waals surface area contributed by atoms with Gasteiger partial charge in [-0.05, 0) is 19.3 Å². The standard InChI is InChI=1S/C11H19N/c1-8-6-9(2)12-10(7-8)11(3,4)5/h7-8H,6H2,1-5H3. The van der Waals surface area contributed by atoms with Crippen LogP contribution in [-0.4, -0.2) is 5.71 Å². The summed E-state index contributed by atoms with van der Waals surface area (Å²) in [6.45, 7) is 11.0. The van der Waals surface area contributed by atoms with Crippen molar-refractivity contribution in [2.24, 2.45) is 16.3 Å². The van der Waals surface area contributed by atoms with Gasteiger partial charge >= 0.3 is 0 Å². The zero-order valence-electron chi connectivity index (χ0n) is 8.81. The van der Waals surface area contributed by atoms with Gasteiger partial charge in [-0.25, -0.2) is 0 Å². The molecule has 1 heteroatoms. The van der Waals surface area contributed by atoms with Crippen molar-refractivity contribution < 1.29 is 0 Å². The quantitative estimate of drug-likeness (QED) is 0.521. The minimum absolute atomic E-state index is 0.204. The second-order valence-corrected chi connectivity index (χ2v) is 4.83. The molecule has 1 nitrogen and oxygen atoms in total. The van der Waals surface area contributed by atoms with Crippen LogP contribution in [0.3, 0.4) is 0 Å². The third kappa shape index (κ3) is 2.20. The first-order valence-corrected chi connectivity index (χ1v) is 4.66. The highest BCUT2D eigenvalue weighted by Crippen LogP contribution is 2.31. The lowest BCUT2D eigenvalue weighted by atomic mass is 9.87. The molecule has 0 radical (unpaired) electrons. The van der Waals surface area contributed by atoms with E-state index < -0.39 is 0 Å². The Bertz CT molecular complexity index is 228. The predicted octanol–water partition coefficient (Wildman–Crippen LogP) is 3.42. The highest BCUT2D eigenvalue weighted by molar-refractivity contribution is 5.84. The van der Waals surface area contributed by atoms with Crippen LogP contribution >= 0.6 is 0 Å². The van der Waals surface area contributed by atoms with Crippen LogP contribution in [-0.2, 0) is 0 Å². The lowest BCUT2D eigenvalue weighted by Gasteiger charge is -2.25. The fraction of sp³-hybridized carbons (Fsp3) is 0.727. The predicted molar refractivity (Wildman–Crippen MR) is 54.4 cm³/mol. The van der Waals surface area contributed by atoms with Gasteiger partial charge in [-0.1, -0.05) is 33.8 Å². The van der Waals surface area contributed by atoms with E-state index in [9.17, 15) is 0 Å². The van der Waals surface area contributed by atoms with Crippen molar-refractivity contribution in [3.05, 3.63) is 11.8 Å². The number of allylic oxidation sites excluding steroid dienone is 2. The molecule has 0 saturated carbocycles. The maximum atomic E-state index is 4.58. The molecular weight excluding hydrogens is 146 g/mol. The molecule has 0 saturated heterocycles. The highest BCUT2D eigenvalue weighted by atomic mass is 14.8. The van der Waals surface area contributed by atoms with Crippen LogP contribution in [0.4, 0.5) is 0 Å². The normalized spacial score (nSPS) is 24.9. The molecule has 0 amide bonds. The minimum Gasteiger partial charge on any atom is -0.262 e. The highest BCUT2D eigenvalue weighted by Gasteiger charge is 2.20. The van der Waals surface area contributed by atoms with Crippen molar-refractivity contribution in [2.75, 3.05) is 0 Å². The monoisotopic (exact) mass is 165 g/mol. The summed E-state index contributed by atoms with van der Waals surface area (Å²) in [5.74, 6) is 0.664. The first kappa shape index (κ1) is 9.50. The molecule has 1 unspecified atom stereocenters. The second kappa shape index (κ2) is 3.04. The summed E-state index contributed by atoms with van der Waals surface area (Å²) in [6, 6.07) is 0. The van der Waals surface area contributed by atoms with Gasteiger partial charge < -0.3 is 0 Å². The molecule has 12 heavy (non-hydrogen) atoms. The summed E-state index contributed by atoms with van der Waals surface area (Å²) in [6.07, 6.45) is 3.42. The van der Waals surface area contributed by atoms with Crippen molar-refractivity contribution in [1.29, 1.82) is 0 Å². The van der Waals surface area contributed by atoms with Crippen LogP contribution in [0.25, 0.3) is 0 Å². The van der Waals surface area contributed by atoms with E-state index in [4.69, 9.17) is 0 Å². The van der Waals surface area contributed by atoms with Crippen LogP contribution in [0.15, 0.2) is 16.8 Å². The Balaban J connectivity index is 2.91. The van der Waals surface area contributed by atoms with Gasteiger partial charge in [0, 0.05) is 16.8 Å². The van der Waals surface area contributed by atoms with E-state index >= 15 is 0 Å². The average Bonchev–Trinajstić information content (AvgIpc) is 1.82. The van der Waals surface area contributed by atoms with Gasteiger partial charge in [0.25, 0.3) is 0 Å². The first-order valence-electron chi connectivity index (χ1n) is 4.66. The molecule has 0 aromatic heterocycles. The largest absolute Gasteiger partial charge is 0.262 e.